The molecule has 2 aromatic rings. The summed E-state index contributed by atoms with van der Waals surface area (Å²) in [5.74, 6) is 1.25. The number of aliphatic hydroxyl groups excluding tert-OH is 1. The van der Waals surface area contributed by atoms with Crippen LogP contribution in [0.15, 0.2) is 48.5 Å². The van der Waals surface area contributed by atoms with Crippen molar-refractivity contribution in [3.63, 3.8) is 0 Å². The molecule has 1 aliphatic heterocycles. The van der Waals surface area contributed by atoms with Crippen LogP contribution in [0, 0.1) is 0 Å². The quantitative estimate of drug-likeness (QED) is 0.754. The number of Topliss-reactive ketones (excluding diaryl/α,β-unsaturated/α-hetero) is 1. The predicted octanol–water partition coefficient (Wildman–Crippen LogP) is 2.95. The average Bonchev–Trinajstić information content (AvgIpc) is 2.97. The number of carbonyl (C=O) groups is 2. The van der Waals surface area contributed by atoms with Gasteiger partial charge in [0.2, 0.25) is 0 Å². The Balaban J connectivity index is 1.56. The Morgan fingerprint density at radius 1 is 1.15 bits per heavy atom. The summed E-state index contributed by atoms with van der Waals surface area (Å²) < 4.78 is 10.9. The third kappa shape index (κ3) is 4.45. The van der Waals surface area contributed by atoms with Gasteiger partial charge in [0.25, 0.3) is 0 Å². The van der Waals surface area contributed by atoms with Crippen molar-refractivity contribution in [2.45, 2.75) is 24.2 Å². The zero-order valence-corrected chi connectivity index (χ0v) is 15.2. The number of rotatable bonds is 7. The minimum absolute atomic E-state index is 0.000238. The molecule has 3 rings (SSSR count). The first-order valence-electron chi connectivity index (χ1n) is 8.31. The molecule has 0 aromatic heterocycles. The number of hydrogen-bond acceptors (Lipinski definition) is 6. The van der Waals surface area contributed by atoms with E-state index in [1.165, 1.54) is 0 Å². The highest BCUT2D eigenvalue weighted by molar-refractivity contribution is 8.15. The Labute approximate surface area is 156 Å². The molecule has 0 aliphatic carbocycles. The van der Waals surface area contributed by atoms with E-state index < -0.39 is 6.10 Å². The molecule has 1 N–H and O–H groups in total. The topological polar surface area (TPSA) is 72.8 Å². The lowest BCUT2D eigenvalue weighted by molar-refractivity contribution is -0.121. The highest BCUT2D eigenvalue weighted by atomic mass is 32.2. The van der Waals surface area contributed by atoms with Crippen LogP contribution in [0.4, 0.5) is 0 Å². The molecule has 1 saturated heterocycles. The minimum atomic E-state index is -0.802. The maximum Gasteiger partial charge on any atom is 0.197 e. The standard InChI is InChI=1S/C20H20O5S/c1-24-18-5-3-2-4-15(18)17(22)12-25-14-8-6-13(7-9-14)10-19-16(21)11-20(23)26-19/h2-9,17,19,22H,10-12H2,1H3. The van der Waals surface area contributed by atoms with Crippen LogP contribution in [0.3, 0.4) is 0 Å². The lowest BCUT2D eigenvalue weighted by Gasteiger charge is -2.16. The summed E-state index contributed by atoms with van der Waals surface area (Å²) in [6.07, 6.45) is -0.221. The molecule has 26 heavy (non-hydrogen) atoms. The summed E-state index contributed by atoms with van der Waals surface area (Å²) >= 11 is 1.12. The lowest BCUT2D eigenvalue weighted by Crippen LogP contribution is -2.13. The summed E-state index contributed by atoms with van der Waals surface area (Å²) in [6.45, 7) is 0.102. The fourth-order valence-corrected chi connectivity index (χ4v) is 3.85. The van der Waals surface area contributed by atoms with Crippen LogP contribution in [0.2, 0.25) is 0 Å². The van der Waals surface area contributed by atoms with Crippen LogP contribution in [0.25, 0.3) is 0 Å². The molecule has 2 unspecified atom stereocenters. The summed E-state index contributed by atoms with van der Waals surface area (Å²) in [7, 11) is 1.56. The van der Waals surface area contributed by atoms with Crippen molar-refractivity contribution in [2.75, 3.05) is 13.7 Å². The van der Waals surface area contributed by atoms with E-state index in [4.69, 9.17) is 9.47 Å². The van der Waals surface area contributed by atoms with Gasteiger partial charge in [-0.25, -0.2) is 0 Å². The van der Waals surface area contributed by atoms with Gasteiger partial charge in [0.1, 0.15) is 24.2 Å². The molecule has 1 aliphatic rings. The molecule has 0 radical (unpaired) electrons. The number of ether oxygens (including phenoxy) is 2. The zero-order chi connectivity index (χ0) is 18.5. The highest BCUT2D eigenvalue weighted by Gasteiger charge is 2.31. The smallest absolute Gasteiger partial charge is 0.197 e. The van der Waals surface area contributed by atoms with Crippen LogP contribution in [0.5, 0.6) is 11.5 Å². The van der Waals surface area contributed by atoms with Gasteiger partial charge in [-0.15, -0.1) is 0 Å². The number of hydrogen-bond donors (Lipinski definition) is 1. The van der Waals surface area contributed by atoms with Gasteiger partial charge in [-0.3, -0.25) is 9.59 Å². The van der Waals surface area contributed by atoms with Crippen molar-refractivity contribution in [2.24, 2.45) is 0 Å². The molecule has 1 fully saturated rings. The van der Waals surface area contributed by atoms with E-state index in [2.05, 4.69) is 0 Å². The van der Waals surface area contributed by atoms with E-state index in [-0.39, 0.29) is 29.2 Å². The van der Waals surface area contributed by atoms with Crippen molar-refractivity contribution in [1.29, 1.82) is 0 Å². The first-order valence-corrected chi connectivity index (χ1v) is 9.19. The van der Waals surface area contributed by atoms with Gasteiger partial charge >= 0.3 is 0 Å². The van der Waals surface area contributed by atoms with Gasteiger partial charge in [0.15, 0.2) is 10.9 Å². The Morgan fingerprint density at radius 3 is 2.54 bits per heavy atom. The molecule has 2 aromatic carbocycles. The summed E-state index contributed by atoms with van der Waals surface area (Å²) in [6, 6.07) is 14.6. The van der Waals surface area contributed by atoms with Gasteiger partial charge in [0, 0.05) is 5.56 Å². The molecular formula is C20H20O5S. The van der Waals surface area contributed by atoms with E-state index in [0.29, 0.717) is 23.5 Å². The van der Waals surface area contributed by atoms with Crippen LogP contribution < -0.4 is 9.47 Å². The van der Waals surface area contributed by atoms with Gasteiger partial charge < -0.3 is 14.6 Å². The third-order valence-corrected chi connectivity index (χ3v) is 5.32. The van der Waals surface area contributed by atoms with E-state index in [9.17, 15) is 14.7 Å². The normalized spacial score (nSPS) is 18.0. The van der Waals surface area contributed by atoms with Crippen LogP contribution in [-0.4, -0.2) is 35.0 Å². The van der Waals surface area contributed by atoms with Gasteiger partial charge in [0.05, 0.1) is 18.8 Å². The van der Waals surface area contributed by atoms with Crippen molar-refractivity contribution in [3.8, 4) is 11.5 Å². The fraction of sp³-hybridized carbons (Fsp3) is 0.300. The maximum absolute atomic E-state index is 11.7. The molecule has 2 atom stereocenters. The molecule has 6 heteroatoms. The largest absolute Gasteiger partial charge is 0.496 e. The van der Waals surface area contributed by atoms with E-state index in [1.54, 1.807) is 31.4 Å². The molecule has 0 amide bonds. The number of methoxy groups -OCH3 is 1. The minimum Gasteiger partial charge on any atom is -0.496 e. The number of benzene rings is 2. The SMILES string of the molecule is COc1ccccc1C(O)COc1ccc(CC2SC(=O)CC2=O)cc1. The van der Waals surface area contributed by atoms with Crippen molar-refractivity contribution >= 4 is 22.7 Å². The zero-order valence-electron chi connectivity index (χ0n) is 14.4. The second-order valence-electron chi connectivity index (χ2n) is 6.04. The number of para-hydroxylation sites is 1. The van der Waals surface area contributed by atoms with Gasteiger partial charge in [-0.2, -0.15) is 0 Å². The van der Waals surface area contributed by atoms with E-state index in [0.717, 1.165) is 17.3 Å². The van der Waals surface area contributed by atoms with E-state index in [1.807, 2.05) is 24.3 Å². The second-order valence-corrected chi connectivity index (χ2v) is 7.30. The van der Waals surface area contributed by atoms with Gasteiger partial charge in [-0.05, 0) is 30.2 Å². The maximum atomic E-state index is 11.7. The molecule has 0 saturated carbocycles. The summed E-state index contributed by atoms with van der Waals surface area (Å²) in [4.78, 5) is 23.0. The monoisotopic (exact) mass is 372 g/mol. The van der Waals surface area contributed by atoms with Crippen LogP contribution in [-0.2, 0) is 16.0 Å². The first kappa shape index (κ1) is 18.5. The molecule has 0 spiro atoms. The Bertz CT molecular complexity index is 787. The highest BCUT2D eigenvalue weighted by Crippen LogP contribution is 2.29. The molecular weight excluding hydrogens is 352 g/mol. The average molecular weight is 372 g/mol. The molecule has 5 nitrogen and oxygen atoms in total. The lowest BCUT2D eigenvalue weighted by atomic mass is 10.1. The third-order valence-electron chi connectivity index (χ3n) is 4.20. The second kappa shape index (κ2) is 8.38. The van der Waals surface area contributed by atoms with E-state index >= 15 is 0 Å². The fourth-order valence-electron chi connectivity index (χ4n) is 2.82. The van der Waals surface area contributed by atoms with Crippen molar-refractivity contribution in [3.05, 3.63) is 59.7 Å². The first-order chi connectivity index (χ1) is 12.6. The van der Waals surface area contributed by atoms with Gasteiger partial charge in [-0.1, -0.05) is 42.1 Å². The number of aliphatic hydroxyl groups is 1. The Hall–Kier alpha value is -2.31. The van der Waals surface area contributed by atoms with Crippen LogP contribution >= 0.6 is 11.8 Å². The molecule has 136 valence electrons. The van der Waals surface area contributed by atoms with Crippen molar-refractivity contribution in [1.82, 2.24) is 0 Å². The Morgan fingerprint density at radius 2 is 1.88 bits per heavy atom. The van der Waals surface area contributed by atoms with Crippen molar-refractivity contribution < 1.29 is 24.2 Å². The Kier molecular flexibility index (Phi) is 5.96. The number of ketones is 1. The predicted molar refractivity (Wildman–Crippen MR) is 99.6 cm³/mol. The number of carbonyl (C=O) groups excluding carboxylic acids is 2. The summed E-state index contributed by atoms with van der Waals surface area (Å²) in [5, 5.41) is 9.99. The molecule has 0 bridgehead atoms. The summed E-state index contributed by atoms with van der Waals surface area (Å²) in [5.41, 5.74) is 1.65. The molecule has 1 heterocycles. The van der Waals surface area contributed by atoms with Crippen LogP contribution in [0.1, 0.15) is 23.7 Å². The number of thioether (sulfide) groups is 1.